The second-order valence-electron chi connectivity index (χ2n) is 18.0. The summed E-state index contributed by atoms with van der Waals surface area (Å²) < 4.78 is 0. The summed E-state index contributed by atoms with van der Waals surface area (Å²) in [5.74, 6) is 1.59. The van der Waals surface area contributed by atoms with Crippen LogP contribution in [0.1, 0.15) is 45.1 Å². The molecule has 3 nitrogen and oxygen atoms in total. The smallest absolute Gasteiger partial charge is 0.169 e. The van der Waals surface area contributed by atoms with E-state index in [0.29, 0.717) is 0 Å². The fourth-order valence-corrected chi connectivity index (χ4v) is 11.0. The molecule has 0 bridgehead atoms. The molecule has 1 aliphatic heterocycles. The number of fused-ring (bicyclic) bond motifs is 6. The highest BCUT2D eigenvalue weighted by molar-refractivity contribution is 6.16. The third-order valence-corrected chi connectivity index (χ3v) is 14.2. The predicted molar refractivity (Wildman–Crippen MR) is 287 cm³/mol. The van der Waals surface area contributed by atoms with Crippen LogP contribution in [0.4, 0.5) is 0 Å². The van der Waals surface area contributed by atoms with Crippen molar-refractivity contribution >= 4 is 33.2 Å². The fourth-order valence-electron chi connectivity index (χ4n) is 11.0. The zero-order chi connectivity index (χ0) is 45.7. The molecule has 0 amide bonds. The third kappa shape index (κ3) is 6.81. The first-order valence-corrected chi connectivity index (χ1v) is 23.8. The predicted octanol–water partition coefficient (Wildman–Crippen LogP) is 15.9. The summed E-state index contributed by atoms with van der Waals surface area (Å²) in [6, 6.07) is 94.6. The lowest BCUT2D eigenvalue weighted by Gasteiger charge is -2.34. The summed E-state index contributed by atoms with van der Waals surface area (Å²) in [4.78, 5) is 10.4. The van der Waals surface area contributed by atoms with E-state index in [1.54, 1.807) is 0 Å². The van der Waals surface area contributed by atoms with E-state index in [2.05, 4.69) is 254 Å². The number of benzene rings is 11. The van der Waals surface area contributed by atoms with E-state index in [1.807, 2.05) is 12.1 Å². The van der Waals surface area contributed by atoms with Gasteiger partial charge >= 0.3 is 0 Å². The highest BCUT2D eigenvalue weighted by Crippen LogP contribution is 2.58. The maximum Gasteiger partial charge on any atom is 0.169 e. The van der Waals surface area contributed by atoms with E-state index in [-0.39, 0.29) is 0 Å². The Hall–Kier alpha value is -8.92. The van der Waals surface area contributed by atoms with Crippen molar-refractivity contribution < 1.29 is 0 Å². The molecule has 11 aromatic carbocycles. The lowest BCUT2D eigenvalue weighted by Crippen LogP contribution is -2.36. The van der Waals surface area contributed by atoms with E-state index in [0.717, 1.165) is 33.9 Å². The van der Waals surface area contributed by atoms with Crippen LogP contribution in [0, 0.1) is 0 Å². The third-order valence-electron chi connectivity index (χ3n) is 14.2. The Morgan fingerprint density at radius 1 is 0.304 bits per heavy atom. The summed E-state index contributed by atoms with van der Waals surface area (Å²) in [5.41, 5.74) is 17.4. The molecule has 1 N–H and O–H groups in total. The van der Waals surface area contributed by atoms with Crippen molar-refractivity contribution in [2.45, 2.75) is 11.6 Å². The maximum absolute atomic E-state index is 5.25. The maximum atomic E-state index is 5.25. The summed E-state index contributed by atoms with van der Waals surface area (Å²) in [6.07, 6.45) is -0.403. The highest BCUT2D eigenvalue weighted by Gasteiger charge is 2.46. The van der Waals surface area contributed by atoms with Gasteiger partial charge in [0.1, 0.15) is 11.7 Å². The minimum Gasteiger partial charge on any atom is -0.324 e. The molecule has 2 unspecified atom stereocenters. The van der Waals surface area contributed by atoms with Crippen molar-refractivity contribution in [2.24, 2.45) is 9.98 Å². The van der Waals surface area contributed by atoms with E-state index in [1.165, 1.54) is 82.7 Å². The largest absolute Gasteiger partial charge is 0.324 e. The van der Waals surface area contributed by atoms with Gasteiger partial charge in [-0.3, -0.25) is 0 Å². The average molecular weight is 880 g/mol. The monoisotopic (exact) mass is 879 g/mol. The lowest BCUT2D eigenvalue weighted by molar-refractivity contribution is 0.756. The Morgan fingerprint density at radius 2 is 0.783 bits per heavy atom. The first-order chi connectivity index (χ1) is 34.2. The number of hydrogen-bond donors (Lipinski definition) is 1. The Kier molecular flexibility index (Phi) is 9.80. The van der Waals surface area contributed by atoms with Gasteiger partial charge in [0.2, 0.25) is 0 Å². The summed E-state index contributed by atoms with van der Waals surface area (Å²) in [6.45, 7) is 0. The van der Waals surface area contributed by atoms with Crippen LogP contribution in [-0.2, 0) is 5.41 Å². The molecule has 69 heavy (non-hydrogen) atoms. The average Bonchev–Trinajstić information content (AvgIpc) is 3.75. The van der Waals surface area contributed by atoms with Crippen molar-refractivity contribution in [2.75, 3.05) is 0 Å². The zero-order valence-electron chi connectivity index (χ0n) is 37.8. The van der Waals surface area contributed by atoms with Gasteiger partial charge < -0.3 is 5.32 Å². The molecule has 2 aliphatic rings. The summed E-state index contributed by atoms with van der Waals surface area (Å²) in [5, 5.41) is 8.57. The van der Waals surface area contributed by atoms with Crippen molar-refractivity contribution in [3.8, 4) is 44.5 Å². The Balaban J connectivity index is 0.899. The first kappa shape index (κ1) is 40.4. The molecule has 13 rings (SSSR count). The highest BCUT2D eigenvalue weighted by atomic mass is 15.2. The fraction of sp³-hybridized carbons (Fsp3) is 0.0303. The van der Waals surface area contributed by atoms with Crippen LogP contribution >= 0.6 is 0 Å². The van der Waals surface area contributed by atoms with Gasteiger partial charge in [0.25, 0.3) is 0 Å². The van der Waals surface area contributed by atoms with Gasteiger partial charge in [-0.2, -0.15) is 0 Å². The quantitative estimate of drug-likeness (QED) is 0.162. The topological polar surface area (TPSA) is 36.8 Å². The second-order valence-corrected chi connectivity index (χ2v) is 18.0. The number of aliphatic imine (C=N–C) groups is 2. The molecular formula is C66H45N3. The molecule has 0 radical (unpaired) electrons. The van der Waals surface area contributed by atoms with Crippen molar-refractivity contribution in [1.29, 1.82) is 0 Å². The van der Waals surface area contributed by atoms with Gasteiger partial charge in [-0.1, -0.05) is 261 Å². The van der Waals surface area contributed by atoms with Crippen molar-refractivity contribution in [3.05, 3.63) is 300 Å². The molecular weight excluding hydrogens is 835 g/mol. The van der Waals surface area contributed by atoms with Gasteiger partial charge in [0.15, 0.2) is 6.17 Å². The number of hydrogen-bond acceptors (Lipinski definition) is 3. The molecule has 3 heteroatoms. The van der Waals surface area contributed by atoms with Gasteiger partial charge in [-0.25, -0.2) is 9.98 Å². The number of rotatable bonds is 8. The Bertz CT molecular complexity index is 3760. The van der Waals surface area contributed by atoms with Gasteiger partial charge in [-0.15, -0.1) is 0 Å². The van der Waals surface area contributed by atoms with Crippen LogP contribution in [-0.4, -0.2) is 11.7 Å². The molecule has 11 aromatic rings. The first-order valence-electron chi connectivity index (χ1n) is 23.8. The van der Waals surface area contributed by atoms with Crippen LogP contribution in [0.25, 0.3) is 66.1 Å². The number of amidine groups is 2. The van der Waals surface area contributed by atoms with Crippen LogP contribution in [0.15, 0.2) is 271 Å². The summed E-state index contributed by atoms with van der Waals surface area (Å²) in [7, 11) is 0. The van der Waals surface area contributed by atoms with Crippen LogP contribution in [0.3, 0.4) is 0 Å². The molecule has 0 aromatic heterocycles. The molecule has 1 heterocycles. The zero-order valence-corrected chi connectivity index (χ0v) is 37.8. The summed E-state index contributed by atoms with van der Waals surface area (Å²) >= 11 is 0. The minimum absolute atomic E-state index is 0.403. The Morgan fingerprint density at radius 3 is 1.46 bits per heavy atom. The standard InChI is InChI=1S/C66H45N3/c1-4-16-44(17-5-1)45-28-32-51(33-29-45)64-67-63(50-20-6-2-7-21-50)68-65(69-64)52-34-30-49(31-35-52)61-55-24-12-10-18-46(55)38-42-57(61)48-36-40-54(41-37-48)66(53-22-8-3-9-23-53)59-27-15-14-26-58(59)62-56-25-13-11-19-47(56)39-43-60(62)66/h1-43,64H,(H,67,68,69). The van der Waals surface area contributed by atoms with Gasteiger partial charge in [-0.05, 0) is 93.9 Å². The van der Waals surface area contributed by atoms with Gasteiger partial charge in [0, 0.05) is 11.1 Å². The molecule has 0 saturated heterocycles. The van der Waals surface area contributed by atoms with E-state index < -0.39 is 11.6 Å². The van der Waals surface area contributed by atoms with E-state index in [9.17, 15) is 0 Å². The SMILES string of the molecule is c1ccc(C2=NC(c3ccc(-c4ccccc4)cc3)N=C(c3ccc(-c4c(-c5ccc(C6(c7ccccc7)c7ccccc7-c7c6ccc6ccccc76)cc5)ccc5ccccc45)cc3)N2)cc1. The molecule has 1 aliphatic carbocycles. The van der Waals surface area contributed by atoms with Crippen LogP contribution < -0.4 is 5.32 Å². The molecule has 0 spiro atoms. The van der Waals surface area contributed by atoms with Gasteiger partial charge in [0.05, 0.1) is 5.41 Å². The van der Waals surface area contributed by atoms with Crippen LogP contribution in [0.5, 0.6) is 0 Å². The van der Waals surface area contributed by atoms with E-state index in [4.69, 9.17) is 9.98 Å². The molecule has 0 fully saturated rings. The molecule has 2 atom stereocenters. The second kappa shape index (κ2) is 16.7. The van der Waals surface area contributed by atoms with Crippen molar-refractivity contribution in [1.82, 2.24) is 5.32 Å². The lowest BCUT2D eigenvalue weighted by atomic mass is 9.67. The van der Waals surface area contributed by atoms with E-state index >= 15 is 0 Å². The number of nitrogens with zero attached hydrogens (tertiary/aromatic N) is 2. The van der Waals surface area contributed by atoms with Crippen molar-refractivity contribution in [3.63, 3.8) is 0 Å². The normalized spacial score (nSPS) is 16.0. The van der Waals surface area contributed by atoms with Crippen LogP contribution in [0.2, 0.25) is 0 Å². The molecule has 0 saturated carbocycles. The Labute approximate surface area is 402 Å². The minimum atomic E-state index is -0.497. The number of nitrogens with one attached hydrogen (secondary N) is 1. The molecule has 324 valence electrons.